The molecule has 0 aromatic heterocycles. The van der Waals surface area contributed by atoms with Crippen LogP contribution in [0.25, 0.3) is 21.5 Å². The SMILES string of the molecule is Nc1cccc(N=Nc2ccc(N=Nc3ccc4c(S(=O)(=O)[O-])cc(S(=O)(=O)[O-])c(N)c4c3O)c3cc(S(=O)(=O)[O-])ccc23)c1.[Li+].[Li+].[Li+]. The number of hydrogen-bond donors (Lipinski definition) is 3. The molecule has 0 spiro atoms. The molecule has 5 N–H and O–H groups in total. The van der Waals surface area contributed by atoms with Gasteiger partial charge >= 0.3 is 56.6 Å². The maximum Gasteiger partial charge on any atom is 1.00 e. The van der Waals surface area contributed by atoms with Gasteiger partial charge in [-0.15, -0.1) is 15.3 Å². The number of hydrogen-bond acceptors (Lipinski definition) is 16. The molecule has 0 aliphatic carbocycles. The Balaban J connectivity index is 0.00000267. The minimum absolute atomic E-state index is 0. The molecule has 0 aliphatic heterocycles. The van der Waals surface area contributed by atoms with Gasteiger partial charge in [-0.25, -0.2) is 25.3 Å². The molecule has 0 fully saturated rings. The van der Waals surface area contributed by atoms with Crippen LogP contribution < -0.4 is 68.0 Å². The first kappa shape index (κ1) is 40.9. The second kappa shape index (κ2) is 15.1. The monoisotopic (exact) mass is 690 g/mol. The first-order valence-electron chi connectivity index (χ1n) is 12.2. The van der Waals surface area contributed by atoms with Gasteiger partial charge in [0, 0.05) is 21.8 Å². The fraction of sp³-hybridized carbons (Fsp3) is 0. The Morgan fingerprint density at radius 2 is 1.10 bits per heavy atom. The predicted molar refractivity (Wildman–Crippen MR) is 157 cm³/mol. The Bertz CT molecular complexity index is 2460. The average Bonchev–Trinajstić information content (AvgIpc) is 2.94. The minimum atomic E-state index is -5.40. The Labute approximate surface area is 309 Å². The van der Waals surface area contributed by atoms with E-state index in [1.165, 1.54) is 18.2 Å². The second-order valence-electron chi connectivity index (χ2n) is 9.31. The minimum Gasteiger partial charge on any atom is -0.744 e. The number of nitrogen functional groups attached to an aromatic ring is 2. The summed E-state index contributed by atoms with van der Waals surface area (Å²) in [6, 6.07) is 15.0. The molecule has 22 heteroatoms. The maximum absolute atomic E-state index is 11.8. The number of nitrogens with two attached hydrogens (primary N) is 2. The Hall–Kier alpha value is -3.26. The smallest absolute Gasteiger partial charge is 0.744 e. The number of aromatic hydroxyl groups is 1. The van der Waals surface area contributed by atoms with Crippen molar-refractivity contribution >= 4 is 86.0 Å². The van der Waals surface area contributed by atoms with Gasteiger partial charge in [0.1, 0.15) is 36.0 Å². The van der Waals surface area contributed by atoms with Gasteiger partial charge in [-0.2, -0.15) is 5.11 Å². The van der Waals surface area contributed by atoms with E-state index in [0.29, 0.717) is 17.4 Å². The van der Waals surface area contributed by atoms with Crippen LogP contribution in [-0.4, -0.2) is 44.0 Å². The van der Waals surface area contributed by atoms with Gasteiger partial charge in [-0.1, -0.05) is 18.2 Å². The van der Waals surface area contributed by atoms with Gasteiger partial charge in [0.2, 0.25) is 0 Å². The van der Waals surface area contributed by atoms with Crippen LogP contribution in [0, 0.1) is 0 Å². The van der Waals surface area contributed by atoms with Gasteiger partial charge in [0.15, 0.2) is 5.75 Å². The fourth-order valence-corrected chi connectivity index (χ4v) is 6.29. The number of azo groups is 2. The van der Waals surface area contributed by atoms with Crippen molar-refractivity contribution in [2.75, 3.05) is 11.5 Å². The molecule has 0 atom stereocenters. The molecule has 0 amide bonds. The molecule has 48 heavy (non-hydrogen) atoms. The van der Waals surface area contributed by atoms with Crippen molar-refractivity contribution in [3.8, 4) is 5.75 Å². The van der Waals surface area contributed by atoms with E-state index in [0.717, 1.165) is 24.3 Å². The first-order valence-corrected chi connectivity index (χ1v) is 16.4. The predicted octanol–water partition coefficient (Wildman–Crippen LogP) is -4.58. The van der Waals surface area contributed by atoms with Crippen LogP contribution in [0.2, 0.25) is 0 Å². The molecule has 0 saturated carbocycles. The maximum atomic E-state index is 11.8. The van der Waals surface area contributed by atoms with Crippen LogP contribution in [0.15, 0.2) is 108 Å². The van der Waals surface area contributed by atoms with Gasteiger partial charge in [0.25, 0.3) is 0 Å². The number of fused-ring (bicyclic) bond motifs is 2. The summed E-state index contributed by atoms with van der Waals surface area (Å²) in [5.41, 5.74) is 11.4. The van der Waals surface area contributed by atoms with E-state index in [1.54, 1.807) is 24.3 Å². The van der Waals surface area contributed by atoms with Crippen LogP contribution >= 0.6 is 0 Å². The topological polar surface area (TPSA) is 293 Å². The van der Waals surface area contributed by atoms with E-state index in [9.17, 15) is 44.0 Å². The van der Waals surface area contributed by atoms with Crippen molar-refractivity contribution in [1.29, 1.82) is 0 Å². The second-order valence-corrected chi connectivity index (χ2v) is 13.4. The normalized spacial score (nSPS) is 12.1. The van der Waals surface area contributed by atoms with Crippen LogP contribution in [0.4, 0.5) is 34.1 Å². The number of phenols is 1. The summed E-state index contributed by atoms with van der Waals surface area (Å²) in [5.74, 6) is -0.927. The Morgan fingerprint density at radius 3 is 1.69 bits per heavy atom. The van der Waals surface area contributed by atoms with Crippen LogP contribution in [-0.2, 0) is 30.4 Å². The van der Waals surface area contributed by atoms with Gasteiger partial charge in [-0.05, 0) is 54.6 Å². The van der Waals surface area contributed by atoms with Crippen molar-refractivity contribution in [3.63, 3.8) is 0 Å². The molecule has 0 bridgehead atoms. The average molecular weight is 690 g/mol. The van der Waals surface area contributed by atoms with Crippen molar-refractivity contribution in [3.05, 3.63) is 72.8 Å². The van der Waals surface area contributed by atoms with Crippen molar-refractivity contribution in [2.45, 2.75) is 14.7 Å². The Morgan fingerprint density at radius 1 is 0.562 bits per heavy atom. The number of benzene rings is 5. The molecular formula is C26H17Li3N6O10S3. The zero-order valence-electron chi connectivity index (χ0n) is 25.2. The summed E-state index contributed by atoms with van der Waals surface area (Å²) in [6.07, 6.45) is 0. The molecule has 5 rings (SSSR count). The molecule has 16 nitrogen and oxygen atoms in total. The summed E-state index contributed by atoms with van der Waals surface area (Å²) in [6.45, 7) is 0. The van der Waals surface area contributed by atoms with E-state index in [1.807, 2.05) is 0 Å². The molecule has 0 unspecified atom stereocenters. The summed E-state index contributed by atoms with van der Waals surface area (Å²) in [5, 5.41) is 26.3. The van der Waals surface area contributed by atoms with Crippen LogP contribution in [0.3, 0.4) is 0 Å². The number of anilines is 2. The molecular weight excluding hydrogens is 673 g/mol. The Kier molecular flexibility index (Phi) is 12.9. The third-order valence-corrected chi connectivity index (χ3v) is 8.98. The van der Waals surface area contributed by atoms with Crippen LogP contribution in [0.1, 0.15) is 0 Å². The number of nitrogens with zero attached hydrogens (tertiary/aromatic N) is 4. The van der Waals surface area contributed by atoms with Gasteiger partial charge < -0.3 is 30.2 Å². The molecule has 5 aromatic rings. The number of phenolic OH excluding ortho intramolecular Hbond substituents is 1. The van der Waals surface area contributed by atoms with Crippen molar-refractivity contribution in [1.82, 2.24) is 0 Å². The van der Waals surface area contributed by atoms with Crippen molar-refractivity contribution < 1.29 is 101 Å². The largest absolute Gasteiger partial charge is 1.00 e. The van der Waals surface area contributed by atoms with Gasteiger partial charge in [0.05, 0.1) is 42.8 Å². The zero-order valence-corrected chi connectivity index (χ0v) is 27.7. The van der Waals surface area contributed by atoms with E-state index >= 15 is 0 Å². The van der Waals surface area contributed by atoms with E-state index < -0.39 is 72.9 Å². The zero-order chi connectivity index (χ0) is 32.9. The third kappa shape index (κ3) is 8.47. The molecule has 5 aromatic carbocycles. The summed E-state index contributed by atoms with van der Waals surface area (Å²) in [4.78, 5) is -2.98. The standard InChI is InChI=1S/C26H20N6O10S3.3Li/c27-13-2-1-3-14(10-13)29-30-19-8-9-20(18-11-15(43(34,35)36)4-5-16(18)19)31-32-21-7-6-17-22(44(37,38)39)12-23(45(40,41)42)25(28)24(17)26(21)33;;;/h1-12,33H,27-28H2,(H,34,35,36)(H,37,38,39)(H,40,41,42);;;/q;3*+1/p-3. The molecule has 0 radical (unpaired) electrons. The summed E-state index contributed by atoms with van der Waals surface area (Å²) < 4.78 is 106. The fourth-order valence-electron chi connectivity index (χ4n) is 4.38. The van der Waals surface area contributed by atoms with Crippen molar-refractivity contribution in [2.24, 2.45) is 20.5 Å². The number of rotatable bonds is 7. The van der Waals surface area contributed by atoms with Gasteiger partial charge in [-0.3, -0.25) is 0 Å². The molecule has 0 heterocycles. The third-order valence-electron chi connectivity index (χ3n) is 6.40. The molecule has 0 saturated heterocycles. The molecule has 0 aliphatic rings. The summed E-state index contributed by atoms with van der Waals surface area (Å²) >= 11 is 0. The first-order chi connectivity index (χ1) is 20.9. The molecule has 232 valence electrons. The van der Waals surface area contributed by atoms with E-state index in [2.05, 4.69) is 20.5 Å². The van der Waals surface area contributed by atoms with E-state index in [-0.39, 0.29) is 78.7 Å². The van der Waals surface area contributed by atoms with E-state index in [4.69, 9.17) is 11.5 Å². The summed E-state index contributed by atoms with van der Waals surface area (Å²) in [7, 11) is -15.7. The quantitative estimate of drug-likeness (QED) is 0.0629. The van der Waals surface area contributed by atoms with Crippen LogP contribution in [0.5, 0.6) is 5.75 Å².